The van der Waals surface area contributed by atoms with Gasteiger partial charge in [0.1, 0.15) is 22.6 Å². The molecule has 10 heteroatoms. The van der Waals surface area contributed by atoms with Gasteiger partial charge in [-0.1, -0.05) is 23.2 Å². The third-order valence-corrected chi connectivity index (χ3v) is 6.20. The van der Waals surface area contributed by atoms with Crippen molar-refractivity contribution in [2.24, 2.45) is 0 Å². The van der Waals surface area contributed by atoms with Crippen LogP contribution in [0.15, 0.2) is 34.5 Å². The Morgan fingerprint density at radius 2 is 2.00 bits per heavy atom. The fourth-order valence-electron chi connectivity index (χ4n) is 4.11. The number of ether oxygens (including phenoxy) is 3. The van der Waals surface area contributed by atoms with Crippen LogP contribution in [0.3, 0.4) is 0 Å². The number of hydrogen-bond donors (Lipinski definition) is 1. The minimum atomic E-state index is -0.946. The Labute approximate surface area is 194 Å². The Bertz CT molecular complexity index is 1070. The van der Waals surface area contributed by atoms with Gasteiger partial charge in [0, 0.05) is 13.2 Å². The van der Waals surface area contributed by atoms with Crippen LogP contribution >= 0.6 is 23.2 Å². The van der Waals surface area contributed by atoms with Gasteiger partial charge in [0.25, 0.3) is 11.7 Å². The number of aliphatic hydroxyl groups is 1. The molecule has 2 unspecified atom stereocenters. The first kappa shape index (κ1) is 22.5. The molecule has 0 spiro atoms. The zero-order valence-corrected chi connectivity index (χ0v) is 18.9. The lowest BCUT2D eigenvalue weighted by Gasteiger charge is -2.25. The van der Waals surface area contributed by atoms with E-state index in [1.165, 1.54) is 31.4 Å². The molecule has 0 bridgehead atoms. The maximum atomic E-state index is 13.1. The van der Waals surface area contributed by atoms with Gasteiger partial charge in [-0.15, -0.1) is 0 Å². The number of methoxy groups -OCH3 is 2. The molecule has 8 nitrogen and oxygen atoms in total. The third kappa shape index (κ3) is 3.72. The van der Waals surface area contributed by atoms with Crippen molar-refractivity contribution in [2.45, 2.75) is 25.0 Å². The van der Waals surface area contributed by atoms with E-state index < -0.39 is 23.5 Å². The molecule has 2 saturated heterocycles. The molecule has 32 heavy (non-hydrogen) atoms. The number of ketones is 1. The zero-order valence-electron chi connectivity index (χ0n) is 17.4. The van der Waals surface area contributed by atoms with Crippen LogP contribution in [0.2, 0.25) is 10.0 Å². The van der Waals surface area contributed by atoms with E-state index >= 15 is 0 Å². The Hall–Kier alpha value is -2.68. The van der Waals surface area contributed by atoms with Crippen molar-refractivity contribution < 1.29 is 33.3 Å². The fourth-order valence-corrected chi connectivity index (χ4v) is 4.80. The number of Topliss-reactive ketones (excluding diaryl/α,β-unsaturated/α-hetero) is 1. The van der Waals surface area contributed by atoms with Gasteiger partial charge >= 0.3 is 0 Å². The largest absolute Gasteiger partial charge is 0.507 e. The molecule has 170 valence electrons. The Kier molecular flexibility index (Phi) is 6.37. The summed E-state index contributed by atoms with van der Waals surface area (Å²) in [6, 6.07) is 3.70. The van der Waals surface area contributed by atoms with Gasteiger partial charge in [0.05, 0.1) is 42.7 Å². The summed E-state index contributed by atoms with van der Waals surface area (Å²) in [6.45, 7) is 0.786. The van der Waals surface area contributed by atoms with Crippen LogP contribution in [-0.4, -0.2) is 55.2 Å². The first-order chi connectivity index (χ1) is 15.4. The average molecular weight is 482 g/mol. The Morgan fingerprint density at radius 3 is 2.59 bits per heavy atom. The van der Waals surface area contributed by atoms with Crippen molar-refractivity contribution in [1.29, 1.82) is 0 Å². The highest BCUT2D eigenvalue weighted by atomic mass is 35.5. The second-order valence-electron chi connectivity index (χ2n) is 7.39. The van der Waals surface area contributed by atoms with E-state index in [4.69, 9.17) is 41.8 Å². The predicted octanol–water partition coefficient (Wildman–Crippen LogP) is 4.20. The fraction of sp³-hybridized carbons (Fsp3) is 0.364. The number of aliphatic hydroxyl groups excluding tert-OH is 1. The van der Waals surface area contributed by atoms with Crippen LogP contribution in [0.5, 0.6) is 11.5 Å². The molecule has 1 aromatic heterocycles. The highest BCUT2D eigenvalue weighted by Crippen LogP contribution is 2.47. The summed E-state index contributed by atoms with van der Waals surface area (Å²) in [5.41, 5.74) is -0.103. The number of furan rings is 1. The minimum absolute atomic E-state index is 0.0205. The number of hydrogen-bond acceptors (Lipinski definition) is 7. The van der Waals surface area contributed by atoms with Crippen molar-refractivity contribution in [1.82, 2.24) is 4.90 Å². The van der Waals surface area contributed by atoms with Crippen LogP contribution in [-0.2, 0) is 14.3 Å². The number of amides is 1. The normalized spacial score (nSPS) is 22.6. The molecule has 1 N–H and O–H groups in total. The van der Waals surface area contributed by atoms with E-state index in [-0.39, 0.29) is 45.3 Å². The summed E-state index contributed by atoms with van der Waals surface area (Å²) < 4.78 is 21.7. The van der Waals surface area contributed by atoms with Crippen molar-refractivity contribution in [3.05, 3.63) is 51.4 Å². The smallest absolute Gasteiger partial charge is 0.295 e. The number of likely N-dealkylation sites (tertiary alicyclic amines) is 1. The first-order valence-electron chi connectivity index (χ1n) is 9.92. The summed E-state index contributed by atoms with van der Waals surface area (Å²) >= 11 is 12.6. The second-order valence-corrected chi connectivity index (χ2v) is 8.17. The van der Waals surface area contributed by atoms with E-state index in [1.54, 1.807) is 12.1 Å². The number of halogens is 2. The van der Waals surface area contributed by atoms with Crippen molar-refractivity contribution in [3.8, 4) is 11.5 Å². The second kappa shape index (κ2) is 9.05. The monoisotopic (exact) mass is 481 g/mol. The molecule has 1 amide bonds. The molecule has 2 aliphatic heterocycles. The standard InChI is InChI=1S/C22H21Cl2NO7/c1-29-20-12(9-13(23)21(30-2)16(20)24)18(26)15-17(14-6-4-8-32-14)25(22(28)19(15)27)10-11-5-3-7-31-11/h4,6,8-9,11,17,26H,3,5,7,10H2,1-2H3/b18-15-. The minimum Gasteiger partial charge on any atom is -0.507 e. The summed E-state index contributed by atoms with van der Waals surface area (Å²) in [4.78, 5) is 27.4. The number of carbonyl (C=O) groups is 2. The van der Waals surface area contributed by atoms with Crippen LogP contribution in [0.1, 0.15) is 30.2 Å². The molecule has 0 radical (unpaired) electrons. The Balaban J connectivity index is 1.88. The molecule has 2 fully saturated rings. The van der Waals surface area contributed by atoms with E-state index in [0.29, 0.717) is 12.4 Å². The van der Waals surface area contributed by atoms with Crippen molar-refractivity contribution in [2.75, 3.05) is 27.4 Å². The molecule has 0 saturated carbocycles. The Morgan fingerprint density at radius 1 is 1.25 bits per heavy atom. The SMILES string of the molecule is COc1c(Cl)cc(/C(O)=C2/C(=O)C(=O)N(CC3CCCO3)C2c2ccco2)c(OC)c1Cl. The molecule has 4 rings (SSSR count). The molecular formula is C22H21Cl2NO7. The summed E-state index contributed by atoms with van der Waals surface area (Å²) in [7, 11) is 2.74. The lowest BCUT2D eigenvalue weighted by atomic mass is 9.98. The topological polar surface area (TPSA) is 98.4 Å². The molecule has 1 aromatic carbocycles. The van der Waals surface area contributed by atoms with E-state index in [2.05, 4.69) is 0 Å². The predicted molar refractivity (Wildman–Crippen MR) is 116 cm³/mol. The first-order valence-corrected chi connectivity index (χ1v) is 10.7. The van der Waals surface area contributed by atoms with Crippen LogP contribution < -0.4 is 9.47 Å². The van der Waals surface area contributed by atoms with Gasteiger partial charge in [0.2, 0.25) is 0 Å². The summed E-state index contributed by atoms with van der Waals surface area (Å²) in [6.07, 6.45) is 2.87. The highest BCUT2D eigenvalue weighted by Gasteiger charge is 2.48. The molecule has 3 heterocycles. The lowest BCUT2D eigenvalue weighted by molar-refractivity contribution is -0.141. The van der Waals surface area contributed by atoms with Gasteiger partial charge < -0.3 is 28.6 Å². The van der Waals surface area contributed by atoms with E-state index in [1.807, 2.05) is 0 Å². The van der Waals surface area contributed by atoms with Crippen molar-refractivity contribution in [3.63, 3.8) is 0 Å². The number of carbonyl (C=O) groups excluding carboxylic acids is 2. The highest BCUT2D eigenvalue weighted by molar-refractivity contribution is 6.47. The van der Waals surface area contributed by atoms with Gasteiger partial charge in [-0.3, -0.25) is 9.59 Å². The van der Waals surface area contributed by atoms with Gasteiger partial charge in [-0.05, 0) is 31.0 Å². The van der Waals surface area contributed by atoms with Gasteiger partial charge in [-0.25, -0.2) is 0 Å². The van der Waals surface area contributed by atoms with Gasteiger partial charge in [-0.2, -0.15) is 0 Å². The maximum absolute atomic E-state index is 13.1. The van der Waals surface area contributed by atoms with Crippen LogP contribution in [0.4, 0.5) is 0 Å². The average Bonchev–Trinajstić information content (AvgIpc) is 3.52. The van der Waals surface area contributed by atoms with E-state index in [0.717, 1.165) is 12.8 Å². The zero-order chi connectivity index (χ0) is 23.0. The quantitative estimate of drug-likeness (QED) is 0.374. The van der Waals surface area contributed by atoms with Crippen molar-refractivity contribution >= 4 is 40.7 Å². The molecule has 2 aliphatic rings. The van der Waals surface area contributed by atoms with Crippen LogP contribution in [0, 0.1) is 0 Å². The van der Waals surface area contributed by atoms with E-state index in [9.17, 15) is 14.7 Å². The number of rotatable bonds is 6. The molecule has 2 atom stereocenters. The maximum Gasteiger partial charge on any atom is 0.295 e. The van der Waals surface area contributed by atoms with Gasteiger partial charge in [0.15, 0.2) is 11.5 Å². The third-order valence-electron chi connectivity index (χ3n) is 5.57. The molecular weight excluding hydrogens is 461 g/mol. The molecule has 0 aliphatic carbocycles. The van der Waals surface area contributed by atoms with Crippen LogP contribution in [0.25, 0.3) is 5.76 Å². The number of nitrogens with zero attached hydrogens (tertiary/aromatic N) is 1. The summed E-state index contributed by atoms with van der Waals surface area (Å²) in [5.74, 6) is -1.56. The molecule has 2 aromatic rings. The lowest BCUT2D eigenvalue weighted by Crippen LogP contribution is -2.36. The number of benzene rings is 1. The summed E-state index contributed by atoms with van der Waals surface area (Å²) in [5, 5.41) is 11.4.